The molecular weight excluding hydrogens is 278 g/mol. The first kappa shape index (κ1) is 14.4. The summed E-state index contributed by atoms with van der Waals surface area (Å²) in [7, 11) is -2.17. The van der Waals surface area contributed by atoms with Crippen LogP contribution in [0.3, 0.4) is 0 Å². The van der Waals surface area contributed by atoms with E-state index >= 15 is 0 Å². The molecule has 1 aromatic heterocycles. The van der Waals surface area contributed by atoms with Crippen LogP contribution in [0.5, 0.6) is 0 Å². The maximum absolute atomic E-state index is 11.7. The lowest BCUT2D eigenvalue weighted by molar-refractivity contribution is 0.513. The Morgan fingerprint density at radius 3 is 2.70 bits per heavy atom. The summed E-state index contributed by atoms with van der Waals surface area (Å²) in [5, 5.41) is 3.17. The maximum Gasteiger partial charge on any atom is 0.242 e. The van der Waals surface area contributed by atoms with Crippen molar-refractivity contribution in [3.8, 4) is 0 Å². The average molecular weight is 295 g/mol. The lowest BCUT2D eigenvalue weighted by atomic mass is 10.2. The molecule has 0 fully saturated rings. The number of hydrogen-bond donors (Lipinski definition) is 3. The van der Waals surface area contributed by atoms with Gasteiger partial charge in [-0.1, -0.05) is 0 Å². The Kier molecular flexibility index (Phi) is 4.31. The topological polar surface area (TPSA) is 97.4 Å². The van der Waals surface area contributed by atoms with Gasteiger partial charge in [0.2, 0.25) is 10.0 Å². The monoisotopic (exact) mass is 295 g/mol. The van der Waals surface area contributed by atoms with E-state index in [9.17, 15) is 8.42 Å². The van der Waals surface area contributed by atoms with E-state index in [2.05, 4.69) is 10.0 Å². The molecule has 0 saturated heterocycles. The number of sulfonamides is 1. The summed E-state index contributed by atoms with van der Waals surface area (Å²) in [6.45, 7) is 0.672. The van der Waals surface area contributed by atoms with Crippen molar-refractivity contribution in [2.75, 3.05) is 24.6 Å². The summed E-state index contributed by atoms with van der Waals surface area (Å²) >= 11 is 0. The SMILES string of the molecule is CNS(=O)(=O)c1ccc(NCCc2ccco2)cc1N. The quantitative estimate of drug-likeness (QED) is 0.700. The van der Waals surface area contributed by atoms with Gasteiger partial charge >= 0.3 is 0 Å². The first-order valence-electron chi connectivity index (χ1n) is 6.12. The molecule has 2 rings (SSSR count). The van der Waals surface area contributed by atoms with Gasteiger partial charge in [0.1, 0.15) is 10.7 Å². The normalized spacial score (nSPS) is 11.4. The molecule has 2 aromatic rings. The summed E-state index contributed by atoms with van der Waals surface area (Å²) in [5.74, 6) is 0.889. The molecule has 7 heteroatoms. The summed E-state index contributed by atoms with van der Waals surface area (Å²) in [5.41, 5.74) is 6.75. The second kappa shape index (κ2) is 5.98. The van der Waals surface area contributed by atoms with Crippen LogP contribution in [0, 0.1) is 0 Å². The lowest BCUT2D eigenvalue weighted by Crippen LogP contribution is -2.20. The number of rotatable bonds is 6. The van der Waals surface area contributed by atoms with E-state index in [0.29, 0.717) is 6.54 Å². The second-order valence-corrected chi connectivity index (χ2v) is 6.07. The third kappa shape index (κ3) is 3.31. The van der Waals surface area contributed by atoms with E-state index in [-0.39, 0.29) is 10.6 Å². The zero-order chi connectivity index (χ0) is 14.6. The number of hydrogen-bond acceptors (Lipinski definition) is 5. The molecule has 1 aromatic carbocycles. The summed E-state index contributed by atoms with van der Waals surface area (Å²) < 4.78 is 30.8. The molecule has 0 spiro atoms. The Balaban J connectivity index is 2.02. The van der Waals surface area contributed by atoms with Crippen molar-refractivity contribution in [3.63, 3.8) is 0 Å². The molecule has 0 unspecified atom stereocenters. The molecule has 6 nitrogen and oxygen atoms in total. The Morgan fingerprint density at radius 2 is 2.10 bits per heavy atom. The molecule has 4 N–H and O–H groups in total. The Morgan fingerprint density at radius 1 is 1.30 bits per heavy atom. The molecule has 108 valence electrons. The van der Waals surface area contributed by atoms with Crippen molar-refractivity contribution in [1.82, 2.24) is 4.72 Å². The van der Waals surface area contributed by atoms with Gasteiger partial charge in [0.25, 0.3) is 0 Å². The first-order valence-corrected chi connectivity index (χ1v) is 7.60. The van der Waals surface area contributed by atoms with Gasteiger partial charge in [-0.3, -0.25) is 0 Å². The minimum atomic E-state index is -3.52. The molecule has 0 amide bonds. The number of furan rings is 1. The predicted molar refractivity (Wildman–Crippen MR) is 78.0 cm³/mol. The van der Waals surface area contributed by atoms with E-state index in [0.717, 1.165) is 17.9 Å². The third-order valence-electron chi connectivity index (χ3n) is 2.85. The van der Waals surface area contributed by atoms with Crippen LogP contribution >= 0.6 is 0 Å². The highest BCUT2D eigenvalue weighted by Crippen LogP contribution is 2.22. The van der Waals surface area contributed by atoms with Gasteiger partial charge in [-0.05, 0) is 37.4 Å². The number of nitrogens with one attached hydrogen (secondary N) is 2. The Bertz CT molecular complexity index is 666. The van der Waals surface area contributed by atoms with Crippen LogP contribution in [0.25, 0.3) is 0 Å². The fourth-order valence-corrected chi connectivity index (χ4v) is 2.63. The van der Waals surface area contributed by atoms with Gasteiger partial charge in [0.05, 0.1) is 12.0 Å². The van der Waals surface area contributed by atoms with Crippen LogP contribution in [0.2, 0.25) is 0 Å². The predicted octanol–water partition coefficient (Wildman–Crippen LogP) is 1.42. The van der Waals surface area contributed by atoms with E-state index in [1.807, 2.05) is 12.1 Å². The van der Waals surface area contributed by atoms with Crippen molar-refractivity contribution in [2.45, 2.75) is 11.3 Å². The van der Waals surface area contributed by atoms with Crippen LogP contribution in [-0.4, -0.2) is 22.0 Å². The number of nitrogen functional groups attached to an aromatic ring is 1. The zero-order valence-corrected chi connectivity index (χ0v) is 11.9. The molecule has 0 atom stereocenters. The molecule has 0 aliphatic carbocycles. The van der Waals surface area contributed by atoms with Gasteiger partial charge in [-0.15, -0.1) is 0 Å². The fraction of sp³-hybridized carbons (Fsp3) is 0.231. The minimum Gasteiger partial charge on any atom is -0.469 e. The van der Waals surface area contributed by atoms with E-state index < -0.39 is 10.0 Å². The first-order chi connectivity index (χ1) is 9.53. The highest BCUT2D eigenvalue weighted by atomic mass is 32.2. The van der Waals surface area contributed by atoms with Crippen LogP contribution < -0.4 is 15.8 Å². The number of anilines is 2. The summed E-state index contributed by atoms with van der Waals surface area (Å²) in [4.78, 5) is 0.0802. The van der Waals surface area contributed by atoms with Crippen molar-refractivity contribution in [2.24, 2.45) is 0 Å². The van der Waals surface area contributed by atoms with Crippen LogP contribution in [0.1, 0.15) is 5.76 Å². The molecule has 1 heterocycles. The van der Waals surface area contributed by atoms with Gasteiger partial charge < -0.3 is 15.5 Å². The van der Waals surface area contributed by atoms with Crippen molar-refractivity contribution >= 4 is 21.4 Å². The maximum atomic E-state index is 11.7. The molecule has 0 aliphatic rings. The van der Waals surface area contributed by atoms with Crippen molar-refractivity contribution in [1.29, 1.82) is 0 Å². The van der Waals surface area contributed by atoms with Gasteiger partial charge in [0, 0.05) is 18.7 Å². The van der Waals surface area contributed by atoms with Gasteiger partial charge in [-0.2, -0.15) is 0 Å². The Hall–Kier alpha value is -1.99. The number of nitrogens with two attached hydrogens (primary N) is 1. The highest BCUT2D eigenvalue weighted by molar-refractivity contribution is 7.89. The standard InChI is InChI=1S/C13H17N3O3S/c1-15-20(17,18)13-5-4-10(9-12(13)14)16-7-6-11-3-2-8-19-11/h2-5,8-9,15-16H,6-7,14H2,1H3. The van der Waals surface area contributed by atoms with E-state index in [4.69, 9.17) is 10.2 Å². The summed E-state index contributed by atoms with van der Waals surface area (Å²) in [6, 6.07) is 8.51. The van der Waals surface area contributed by atoms with E-state index in [1.165, 1.54) is 13.1 Å². The largest absolute Gasteiger partial charge is 0.469 e. The molecule has 0 radical (unpaired) electrons. The van der Waals surface area contributed by atoms with Gasteiger partial charge in [-0.25, -0.2) is 13.1 Å². The molecule has 0 aliphatic heterocycles. The smallest absolute Gasteiger partial charge is 0.242 e. The number of benzene rings is 1. The average Bonchev–Trinajstić information content (AvgIpc) is 2.92. The molecule has 0 saturated carbocycles. The summed E-state index contributed by atoms with van der Waals surface area (Å²) in [6.07, 6.45) is 2.37. The fourth-order valence-electron chi connectivity index (χ4n) is 1.80. The van der Waals surface area contributed by atoms with Crippen molar-refractivity contribution in [3.05, 3.63) is 42.4 Å². The van der Waals surface area contributed by atoms with E-state index in [1.54, 1.807) is 18.4 Å². The molecule has 20 heavy (non-hydrogen) atoms. The third-order valence-corrected chi connectivity index (χ3v) is 4.34. The van der Waals surface area contributed by atoms with Crippen molar-refractivity contribution < 1.29 is 12.8 Å². The minimum absolute atomic E-state index is 0.0802. The van der Waals surface area contributed by atoms with Crippen LogP contribution in [0.15, 0.2) is 45.9 Å². The Labute approximate surface area is 118 Å². The van der Waals surface area contributed by atoms with Gasteiger partial charge in [0.15, 0.2) is 0 Å². The van der Waals surface area contributed by atoms with Crippen LogP contribution in [-0.2, 0) is 16.4 Å². The van der Waals surface area contributed by atoms with Crippen LogP contribution in [0.4, 0.5) is 11.4 Å². The highest BCUT2D eigenvalue weighted by Gasteiger charge is 2.15. The molecular formula is C13H17N3O3S. The zero-order valence-electron chi connectivity index (χ0n) is 11.1. The second-order valence-electron chi connectivity index (χ2n) is 4.22. The lowest BCUT2D eigenvalue weighted by Gasteiger charge is -2.10. The molecule has 0 bridgehead atoms.